The molecule has 1 amide bonds. The van der Waals surface area contributed by atoms with Crippen molar-refractivity contribution in [2.75, 3.05) is 11.4 Å². The average Bonchev–Trinajstić information content (AvgIpc) is 2.69. The summed E-state index contributed by atoms with van der Waals surface area (Å²) in [4.78, 5) is 13.8. The van der Waals surface area contributed by atoms with Crippen LogP contribution >= 0.6 is 31.9 Å². The zero-order chi connectivity index (χ0) is 12.7. The number of carbonyl (C=O) groups is 1. The van der Waals surface area contributed by atoms with Crippen molar-refractivity contribution < 1.29 is 4.79 Å². The number of nitrogens with zero attached hydrogens (tertiary/aromatic N) is 1. The van der Waals surface area contributed by atoms with Gasteiger partial charge < -0.3 is 4.90 Å². The molecule has 1 fully saturated rings. The lowest BCUT2D eigenvalue weighted by Crippen LogP contribution is -2.26. The molecule has 18 heavy (non-hydrogen) atoms. The van der Waals surface area contributed by atoms with Crippen molar-refractivity contribution >= 4 is 54.2 Å². The maximum absolute atomic E-state index is 12.0. The first-order chi connectivity index (χ1) is 8.65. The van der Waals surface area contributed by atoms with Gasteiger partial charge in [0, 0.05) is 16.7 Å². The lowest BCUT2D eigenvalue weighted by Gasteiger charge is -2.16. The molecule has 1 unspecified atom stereocenters. The van der Waals surface area contributed by atoms with Crippen molar-refractivity contribution in [1.82, 2.24) is 0 Å². The van der Waals surface area contributed by atoms with Gasteiger partial charge in [-0.2, -0.15) is 0 Å². The zero-order valence-electron chi connectivity index (χ0n) is 9.57. The molecule has 0 saturated carbocycles. The number of fused-ring (bicyclic) bond motifs is 1. The van der Waals surface area contributed by atoms with Gasteiger partial charge in [-0.25, -0.2) is 0 Å². The van der Waals surface area contributed by atoms with E-state index < -0.39 is 0 Å². The minimum Gasteiger partial charge on any atom is -0.311 e. The normalized spacial score (nSPS) is 19.8. The summed E-state index contributed by atoms with van der Waals surface area (Å²) in [5.74, 6) is 0.159. The van der Waals surface area contributed by atoms with Crippen molar-refractivity contribution in [2.45, 2.75) is 11.2 Å². The number of hydrogen-bond acceptors (Lipinski definition) is 1. The molecule has 1 atom stereocenters. The monoisotopic (exact) mass is 367 g/mol. The first kappa shape index (κ1) is 12.2. The number of hydrogen-bond donors (Lipinski definition) is 0. The molecule has 0 bridgehead atoms. The quantitative estimate of drug-likeness (QED) is 0.694. The molecule has 1 aliphatic rings. The smallest absolute Gasteiger partial charge is 0.240 e. The second-order valence-corrected chi connectivity index (χ2v) is 6.44. The molecule has 1 saturated heterocycles. The van der Waals surface area contributed by atoms with E-state index >= 15 is 0 Å². The van der Waals surface area contributed by atoms with Gasteiger partial charge in [-0.05, 0) is 41.5 Å². The average molecular weight is 369 g/mol. The Morgan fingerprint density at radius 1 is 1.11 bits per heavy atom. The predicted molar refractivity (Wildman–Crippen MR) is 81.3 cm³/mol. The molecule has 0 N–H and O–H groups in total. The molecule has 1 heterocycles. The number of benzene rings is 2. The molecule has 0 radical (unpaired) electrons. The molecule has 2 aromatic carbocycles. The molecule has 0 aromatic heterocycles. The van der Waals surface area contributed by atoms with E-state index in [1.807, 2.05) is 17.0 Å². The second-order valence-electron chi connectivity index (χ2n) is 4.42. The summed E-state index contributed by atoms with van der Waals surface area (Å²) in [6.07, 6.45) is 0.872. The van der Waals surface area contributed by atoms with Gasteiger partial charge in [-0.15, -0.1) is 0 Å². The van der Waals surface area contributed by atoms with E-state index in [9.17, 15) is 4.79 Å². The van der Waals surface area contributed by atoms with E-state index in [-0.39, 0.29) is 10.7 Å². The third-order valence-electron chi connectivity index (χ3n) is 3.24. The van der Waals surface area contributed by atoms with Crippen LogP contribution in [0.25, 0.3) is 10.8 Å². The minimum absolute atomic E-state index is 0.0295. The number of halogens is 2. The highest BCUT2D eigenvalue weighted by Gasteiger charge is 2.30. The lowest BCUT2D eigenvalue weighted by atomic mass is 10.1. The fourth-order valence-corrected chi connectivity index (χ4v) is 3.10. The highest BCUT2D eigenvalue weighted by Crippen LogP contribution is 2.29. The van der Waals surface area contributed by atoms with Crippen LogP contribution in [-0.2, 0) is 4.79 Å². The van der Waals surface area contributed by atoms with Crippen LogP contribution in [-0.4, -0.2) is 17.3 Å². The van der Waals surface area contributed by atoms with Crippen LogP contribution in [0.15, 0.2) is 40.9 Å². The van der Waals surface area contributed by atoms with E-state index in [2.05, 4.69) is 56.1 Å². The van der Waals surface area contributed by atoms with E-state index in [0.717, 1.165) is 28.5 Å². The SMILES string of the molecule is O=C1C(Br)CCN1c1ccc2cc(Br)ccc2c1. The van der Waals surface area contributed by atoms with Crippen LogP contribution in [0.5, 0.6) is 0 Å². The predicted octanol–water partition coefficient (Wildman–Crippen LogP) is 4.10. The number of amides is 1. The van der Waals surface area contributed by atoms with E-state index in [4.69, 9.17) is 0 Å². The van der Waals surface area contributed by atoms with Gasteiger partial charge in [0.05, 0.1) is 4.83 Å². The Morgan fingerprint density at radius 3 is 2.56 bits per heavy atom. The molecule has 0 spiro atoms. The zero-order valence-corrected chi connectivity index (χ0v) is 12.7. The molecule has 2 nitrogen and oxygen atoms in total. The first-order valence-electron chi connectivity index (χ1n) is 5.80. The Hall–Kier alpha value is -0.870. The fraction of sp³-hybridized carbons (Fsp3) is 0.214. The van der Waals surface area contributed by atoms with Crippen molar-refractivity contribution in [2.24, 2.45) is 0 Å². The van der Waals surface area contributed by atoms with Gasteiger partial charge in [-0.3, -0.25) is 4.79 Å². The van der Waals surface area contributed by atoms with Crippen molar-refractivity contribution in [3.8, 4) is 0 Å². The first-order valence-corrected chi connectivity index (χ1v) is 7.51. The number of carbonyl (C=O) groups excluding carboxylic acids is 1. The van der Waals surface area contributed by atoms with Crippen LogP contribution in [0, 0.1) is 0 Å². The van der Waals surface area contributed by atoms with Gasteiger partial charge in [-0.1, -0.05) is 44.0 Å². The third kappa shape index (κ3) is 2.08. The third-order valence-corrected chi connectivity index (χ3v) is 4.58. The molecule has 4 heteroatoms. The lowest BCUT2D eigenvalue weighted by molar-refractivity contribution is -0.116. The van der Waals surface area contributed by atoms with Gasteiger partial charge in [0.1, 0.15) is 0 Å². The summed E-state index contributed by atoms with van der Waals surface area (Å²) in [5, 5.41) is 2.33. The summed E-state index contributed by atoms with van der Waals surface area (Å²) in [6, 6.07) is 12.3. The maximum Gasteiger partial charge on any atom is 0.240 e. The molecule has 3 rings (SSSR count). The van der Waals surface area contributed by atoms with Crippen LogP contribution < -0.4 is 4.90 Å². The van der Waals surface area contributed by atoms with Crippen LogP contribution in [0.4, 0.5) is 5.69 Å². The van der Waals surface area contributed by atoms with E-state index in [0.29, 0.717) is 0 Å². The van der Waals surface area contributed by atoms with E-state index in [1.54, 1.807) is 0 Å². The van der Waals surface area contributed by atoms with Crippen molar-refractivity contribution in [1.29, 1.82) is 0 Å². The summed E-state index contributed by atoms with van der Waals surface area (Å²) in [5.41, 5.74) is 0.983. The summed E-state index contributed by atoms with van der Waals surface area (Å²) in [7, 11) is 0. The molecule has 1 aliphatic heterocycles. The number of rotatable bonds is 1. The van der Waals surface area contributed by atoms with Crippen molar-refractivity contribution in [3.05, 3.63) is 40.9 Å². The number of alkyl halides is 1. The minimum atomic E-state index is -0.0295. The highest BCUT2D eigenvalue weighted by molar-refractivity contribution is 9.10. The second kappa shape index (κ2) is 4.67. The molecule has 0 aliphatic carbocycles. The Labute approximate surface area is 122 Å². The topological polar surface area (TPSA) is 20.3 Å². The summed E-state index contributed by atoms with van der Waals surface area (Å²) in [6.45, 7) is 0.788. The van der Waals surface area contributed by atoms with Crippen LogP contribution in [0.3, 0.4) is 0 Å². The Bertz CT molecular complexity index is 626. The Kier molecular flexibility index (Phi) is 3.16. The van der Waals surface area contributed by atoms with Crippen LogP contribution in [0.1, 0.15) is 6.42 Å². The largest absolute Gasteiger partial charge is 0.311 e. The van der Waals surface area contributed by atoms with Gasteiger partial charge in [0.15, 0.2) is 0 Å². The maximum atomic E-state index is 12.0. The molecular formula is C14H11Br2NO. The highest BCUT2D eigenvalue weighted by atomic mass is 79.9. The van der Waals surface area contributed by atoms with E-state index in [1.165, 1.54) is 5.39 Å². The molecule has 92 valence electrons. The summed E-state index contributed by atoms with van der Waals surface area (Å²) < 4.78 is 1.07. The fourth-order valence-electron chi connectivity index (χ4n) is 2.27. The summed E-state index contributed by atoms with van der Waals surface area (Å²) >= 11 is 6.87. The van der Waals surface area contributed by atoms with Gasteiger partial charge in [0.2, 0.25) is 5.91 Å². The van der Waals surface area contributed by atoms with Crippen molar-refractivity contribution in [3.63, 3.8) is 0 Å². The standard InChI is InChI=1S/C14H11Br2NO/c15-11-3-1-10-8-12(4-2-9(10)7-11)17-6-5-13(16)14(17)18/h1-4,7-8,13H,5-6H2. The molecule has 2 aromatic rings. The number of anilines is 1. The Balaban J connectivity index is 2.04. The Morgan fingerprint density at radius 2 is 1.83 bits per heavy atom. The molecular weight excluding hydrogens is 358 g/mol. The van der Waals surface area contributed by atoms with Gasteiger partial charge in [0.25, 0.3) is 0 Å². The van der Waals surface area contributed by atoms with Gasteiger partial charge >= 0.3 is 0 Å². The van der Waals surface area contributed by atoms with Crippen LogP contribution in [0.2, 0.25) is 0 Å².